The van der Waals surface area contributed by atoms with Crippen LogP contribution in [0.25, 0.3) is 33.1 Å². The zero-order valence-corrected chi connectivity index (χ0v) is 11.8. The SMILES string of the molecule is N#Cc1cc(-c2c[nH]c3cc(F)c(F)cc23)nc2ccccc12. The van der Waals surface area contributed by atoms with Gasteiger partial charge in [0.1, 0.15) is 0 Å². The minimum atomic E-state index is -0.917. The summed E-state index contributed by atoms with van der Waals surface area (Å²) in [6.07, 6.45) is 1.64. The van der Waals surface area contributed by atoms with E-state index in [4.69, 9.17) is 0 Å². The molecular formula is C18H9F2N3. The number of aromatic amines is 1. The minimum Gasteiger partial charge on any atom is -0.360 e. The normalized spacial score (nSPS) is 11.0. The molecule has 23 heavy (non-hydrogen) atoms. The molecule has 5 heteroatoms. The molecular weight excluding hydrogens is 296 g/mol. The molecule has 0 aliphatic heterocycles. The first kappa shape index (κ1) is 13.4. The number of hydrogen-bond donors (Lipinski definition) is 1. The lowest BCUT2D eigenvalue weighted by Gasteiger charge is -2.04. The van der Waals surface area contributed by atoms with Gasteiger partial charge in [-0.25, -0.2) is 13.8 Å². The summed E-state index contributed by atoms with van der Waals surface area (Å²) in [7, 11) is 0. The van der Waals surface area contributed by atoms with Gasteiger partial charge in [-0.3, -0.25) is 0 Å². The molecule has 2 aromatic carbocycles. The second kappa shape index (κ2) is 4.89. The molecule has 0 spiro atoms. The average molecular weight is 305 g/mol. The van der Waals surface area contributed by atoms with Crippen molar-refractivity contribution in [3.05, 3.63) is 65.9 Å². The molecule has 0 aliphatic carbocycles. The summed E-state index contributed by atoms with van der Waals surface area (Å²) in [4.78, 5) is 7.45. The van der Waals surface area contributed by atoms with Crippen LogP contribution in [0.2, 0.25) is 0 Å². The number of H-pyrrole nitrogens is 1. The van der Waals surface area contributed by atoms with Gasteiger partial charge in [-0.15, -0.1) is 0 Å². The second-order valence-electron chi connectivity index (χ2n) is 5.20. The van der Waals surface area contributed by atoms with Gasteiger partial charge in [0.2, 0.25) is 0 Å². The molecule has 0 unspecified atom stereocenters. The third-order valence-corrected chi connectivity index (χ3v) is 3.84. The lowest BCUT2D eigenvalue weighted by atomic mass is 10.0. The fourth-order valence-corrected chi connectivity index (χ4v) is 2.73. The van der Waals surface area contributed by atoms with Crippen LogP contribution >= 0.6 is 0 Å². The Balaban J connectivity index is 2.03. The Morgan fingerprint density at radius 1 is 1.00 bits per heavy atom. The maximum atomic E-state index is 13.6. The summed E-state index contributed by atoms with van der Waals surface area (Å²) in [5.74, 6) is -1.82. The van der Waals surface area contributed by atoms with Crippen molar-refractivity contribution in [2.45, 2.75) is 0 Å². The number of aromatic nitrogens is 2. The van der Waals surface area contributed by atoms with Gasteiger partial charge in [0, 0.05) is 34.1 Å². The van der Waals surface area contributed by atoms with Crippen molar-refractivity contribution >= 4 is 21.8 Å². The molecule has 0 bridgehead atoms. The standard InChI is InChI=1S/C18H9F2N3/c19-14-6-12-13(9-22-17(12)7-15(14)20)18-5-10(8-21)11-3-1-2-4-16(11)23-18/h1-7,9,22H. The van der Waals surface area contributed by atoms with Gasteiger partial charge in [0.25, 0.3) is 0 Å². The van der Waals surface area contributed by atoms with Gasteiger partial charge in [-0.05, 0) is 18.2 Å². The van der Waals surface area contributed by atoms with Crippen molar-refractivity contribution in [2.24, 2.45) is 0 Å². The molecule has 4 rings (SSSR count). The third kappa shape index (κ3) is 2.04. The molecule has 110 valence electrons. The summed E-state index contributed by atoms with van der Waals surface area (Å²) < 4.78 is 26.9. The van der Waals surface area contributed by atoms with Gasteiger partial charge in [-0.1, -0.05) is 18.2 Å². The molecule has 4 aromatic rings. The molecule has 0 atom stereocenters. The van der Waals surface area contributed by atoms with E-state index in [1.165, 1.54) is 0 Å². The summed E-state index contributed by atoms with van der Waals surface area (Å²) in [5, 5.41) is 10.6. The summed E-state index contributed by atoms with van der Waals surface area (Å²) in [6, 6.07) is 13.4. The average Bonchev–Trinajstić information content (AvgIpc) is 2.97. The van der Waals surface area contributed by atoms with Crippen LogP contribution in [0.4, 0.5) is 8.78 Å². The van der Waals surface area contributed by atoms with E-state index in [1.807, 2.05) is 24.3 Å². The maximum absolute atomic E-state index is 13.6. The lowest BCUT2D eigenvalue weighted by molar-refractivity contribution is 0.511. The number of halogens is 2. The van der Waals surface area contributed by atoms with Gasteiger partial charge in [0.05, 0.1) is 22.8 Å². The van der Waals surface area contributed by atoms with Crippen LogP contribution in [0.5, 0.6) is 0 Å². The Morgan fingerprint density at radius 2 is 1.78 bits per heavy atom. The quantitative estimate of drug-likeness (QED) is 0.561. The number of nitrogens with zero attached hydrogens (tertiary/aromatic N) is 2. The molecule has 2 aromatic heterocycles. The summed E-state index contributed by atoms with van der Waals surface area (Å²) in [6.45, 7) is 0. The first-order chi connectivity index (χ1) is 11.2. The Morgan fingerprint density at radius 3 is 2.61 bits per heavy atom. The van der Waals surface area contributed by atoms with Crippen LogP contribution < -0.4 is 0 Å². The Bertz CT molecular complexity index is 1110. The van der Waals surface area contributed by atoms with Crippen LogP contribution in [-0.4, -0.2) is 9.97 Å². The van der Waals surface area contributed by atoms with Crippen molar-refractivity contribution in [3.63, 3.8) is 0 Å². The van der Waals surface area contributed by atoms with Crippen LogP contribution in [-0.2, 0) is 0 Å². The van der Waals surface area contributed by atoms with Crippen LogP contribution in [0.1, 0.15) is 5.56 Å². The molecule has 0 saturated carbocycles. The molecule has 0 aliphatic rings. The van der Waals surface area contributed by atoms with E-state index >= 15 is 0 Å². The number of hydrogen-bond acceptors (Lipinski definition) is 2. The van der Waals surface area contributed by atoms with Crippen molar-refractivity contribution in [2.75, 3.05) is 0 Å². The van der Waals surface area contributed by atoms with Crippen molar-refractivity contribution in [3.8, 4) is 17.3 Å². The Kier molecular flexibility index (Phi) is 2.85. The number of para-hydroxylation sites is 1. The first-order valence-corrected chi connectivity index (χ1v) is 6.94. The van der Waals surface area contributed by atoms with Gasteiger partial charge in [0.15, 0.2) is 11.6 Å². The van der Waals surface area contributed by atoms with Gasteiger partial charge < -0.3 is 4.98 Å². The lowest BCUT2D eigenvalue weighted by Crippen LogP contribution is -1.89. The zero-order chi connectivity index (χ0) is 16.0. The van der Waals surface area contributed by atoms with E-state index in [0.29, 0.717) is 33.2 Å². The Hall–Kier alpha value is -3.26. The third-order valence-electron chi connectivity index (χ3n) is 3.84. The predicted octanol–water partition coefficient (Wildman–Crippen LogP) is 4.53. The molecule has 0 saturated heterocycles. The minimum absolute atomic E-state index is 0.479. The number of pyridine rings is 1. The molecule has 2 heterocycles. The molecule has 0 amide bonds. The largest absolute Gasteiger partial charge is 0.360 e. The highest BCUT2D eigenvalue weighted by Crippen LogP contribution is 2.31. The maximum Gasteiger partial charge on any atom is 0.160 e. The number of benzene rings is 2. The van der Waals surface area contributed by atoms with Gasteiger partial charge >= 0.3 is 0 Å². The zero-order valence-electron chi connectivity index (χ0n) is 11.8. The van der Waals surface area contributed by atoms with E-state index < -0.39 is 11.6 Å². The summed E-state index contributed by atoms with van der Waals surface area (Å²) >= 11 is 0. The molecule has 0 fully saturated rings. The molecule has 3 nitrogen and oxygen atoms in total. The highest BCUT2D eigenvalue weighted by atomic mass is 19.2. The van der Waals surface area contributed by atoms with Crippen molar-refractivity contribution in [1.82, 2.24) is 9.97 Å². The number of rotatable bonds is 1. The van der Waals surface area contributed by atoms with Crippen LogP contribution in [0, 0.1) is 23.0 Å². The van der Waals surface area contributed by atoms with E-state index in [-0.39, 0.29) is 0 Å². The number of nitrogens with one attached hydrogen (secondary N) is 1. The summed E-state index contributed by atoms with van der Waals surface area (Å²) in [5.41, 5.74) is 2.81. The smallest absolute Gasteiger partial charge is 0.160 e. The van der Waals surface area contributed by atoms with E-state index in [1.54, 1.807) is 12.3 Å². The predicted molar refractivity (Wildman–Crippen MR) is 83.7 cm³/mol. The van der Waals surface area contributed by atoms with Crippen molar-refractivity contribution < 1.29 is 8.78 Å². The van der Waals surface area contributed by atoms with E-state index in [0.717, 1.165) is 17.5 Å². The van der Waals surface area contributed by atoms with E-state index in [9.17, 15) is 14.0 Å². The Labute approximate surface area is 129 Å². The second-order valence-corrected chi connectivity index (χ2v) is 5.20. The number of fused-ring (bicyclic) bond motifs is 2. The topological polar surface area (TPSA) is 52.5 Å². The fourth-order valence-electron chi connectivity index (χ4n) is 2.73. The van der Waals surface area contributed by atoms with Crippen LogP contribution in [0.3, 0.4) is 0 Å². The molecule has 0 radical (unpaired) electrons. The monoisotopic (exact) mass is 305 g/mol. The molecule has 1 N–H and O–H groups in total. The first-order valence-electron chi connectivity index (χ1n) is 6.94. The fraction of sp³-hybridized carbons (Fsp3) is 0. The van der Waals surface area contributed by atoms with Crippen molar-refractivity contribution in [1.29, 1.82) is 5.26 Å². The van der Waals surface area contributed by atoms with E-state index in [2.05, 4.69) is 16.0 Å². The van der Waals surface area contributed by atoms with Gasteiger partial charge in [-0.2, -0.15) is 5.26 Å². The highest BCUT2D eigenvalue weighted by Gasteiger charge is 2.13. The van der Waals surface area contributed by atoms with Crippen LogP contribution in [0.15, 0.2) is 48.7 Å². The number of nitriles is 1. The highest BCUT2D eigenvalue weighted by molar-refractivity contribution is 5.97.